The molecule has 1 amide bonds. The van der Waals surface area contributed by atoms with Crippen molar-refractivity contribution in [3.8, 4) is 0 Å². The van der Waals surface area contributed by atoms with Gasteiger partial charge in [-0.05, 0) is 6.92 Å². The van der Waals surface area contributed by atoms with E-state index >= 15 is 0 Å². The molecule has 0 aliphatic rings. The van der Waals surface area contributed by atoms with E-state index < -0.39 is 27.1 Å². The Morgan fingerprint density at radius 1 is 1.12 bits per heavy atom. The highest BCUT2D eigenvalue weighted by atomic mass is 35.5. The number of alkyl halides is 2. The Labute approximate surface area is 147 Å². The highest BCUT2D eigenvalue weighted by molar-refractivity contribution is 6.18. The van der Waals surface area contributed by atoms with Crippen LogP contribution in [0.5, 0.6) is 0 Å². The molecule has 0 bridgehead atoms. The van der Waals surface area contributed by atoms with Crippen LogP contribution in [0.1, 0.15) is 17.3 Å². The summed E-state index contributed by atoms with van der Waals surface area (Å²) < 4.78 is 0. The number of hydrogen-bond donors (Lipinski definition) is 1. The molecule has 0 aliphatic heterocycles. The standard InChI is InChI=1S/C13H16Cl2N4O5/c1-2-16-13(20)9-7-10(18(21)22)12(11(8-9)19(23)24)17(5-3-14)6-4-15/h7-8H,2-6H2,1H3,(H,16,20). The first-order chi connectivity index (χ1) is 11.4. The van der Waals surface area contributed by atoms with Gasteiger partial charge in [0.1, 0.15) is 0 Å². The fourth-order valence-corrected chi connectivity index (χ4v) is 2.55. The molecule has 1 aromatic carbocycles. The number of halogens is 2. The minimum Gasteiger partial charge on any atom is -0.358 e. The number of benzene rings is 1. The maximum absolute atomic E-state index is 11.9. The summed E-state index contributed by atoms with van der Waals surface area (Å²) in [5, 5.41) is 25.3. The van der Waals surface area contributed by atoms with Crippen LogP contribution in [0.25, 0.3) is 0 Å². The van der Waals surface area contributed by atoms with Crippen LogP contribution in [0.15, 0.2) is 12.1 Å². The van der Waals surface area contributed by atoms with Crippen molar-refractivity contribution in [3.63, 3.8) is 0 Å². The first kappa shape index (κ1) is 19.9. The molecule has 1 N–H and O–H groups in total. The quantitative estimate of drug-likeness (QED) is 0.400. The van der Waals surface area contributed by atoms with E-state index in [0.29, 0.717) is 0 Å². The fraction of sp³-hybridized carbons (Fsp3) is 0.462. The second-order valence-corrected chi connectivity index (χ2v) is 5.36. The van der Waals surface area contributed by atoms with Gasteiger partial charge in [-0.15, -0.1) is 23.2 Å². The van der Waals surface area contributed by atoms with Gasteiger partial charge in [0, 0.05) is 43.5 Å². The molecular formula is C13H16Cl2N4O5. The third kappa shape index (κ3) is 4.68. The lowest BCUT2D eigenvalue weighted by Gasteiger charge is -2.22. The molecule has 132 valence electrons. The minimum absolute atomic E-state index is 0.100. The first-order valence-electron chi connectivity index (χ1n) is 6.99. The van der Waals surface area contributed by atoms with Crippen molar-refractivity contribution in [2.75, 3.05) is 36.3 Å². The molecule has 1 rings (SSSR count). The smallest absolute Gasteiger partial charge is 0.300 e. The summed E-state index contributed by atoms with van der Waals surface area (Å²) in [5.74, 6) is -0.427. The molecule has 0 unspecified atom stereocenters. The number of nitrogens with zero attached hydrogens (tertiary/aromatic N) is 3. The largest absolute Gasteiger partial charge is 0.358 e. The number of carbonyl (C=O) groups is 1. The van der Waals surface area contributed by atoms with E-state index in [1.54, 1.807) is 6.92 Å². The summed E-state index contributed by atoms with van der Waals surface area (Å²) in [5.41, 5.74) is -1.45. The van der Waals surface area contributed by atoms with Gasteiger partial charge in [-0.2, -0.15) is 0 Å². The maximum Gasteiger partial charge on any atom is 0.300 e. The monoisotopic (exact) mass is 378 g/mol. The molecule has 0 fully saturated rings. The molecule has 0 saturated heterocycles. The summed E-state index contributed by atoms with van der Waals surface area (Å²) in [6.45, 7) is 2.22. The summed E-state index contributed by atoms with van der Waals surface area (Å²) in [4.78, 5) is 34.6. The van der Waals surface area contributed by atoms with Crippen molar-refractivity contribution in [1.82, 2.24) is 5.32 Å². The Morgan fingerprint density at radius 2 is 1.58 bits per heavy atom. The average Bonchev–Trinajstić information content (AvgIpc) is 2.53. The van der Waals surface area contributed by atoms with E-state index in [-0.39, 0.29) is 42.6 Å². The first-order valence-corrected chi connectivity index (χ1v) is 8.06. The third-order valence-corrected chi connectivity index (χ3v) is 3.43. The Hall–Kier alpha value is -2.13. The predicted molar refractivity (Wildman–Crippen MR) is 91.4 cm³/mol. The summed E-state index contributed by atoms with van der Waals surface area (Å²) in [6, 6.07) is 2.03. The normalized spacial score (nSPS) is 10.3. The Morgan fingerprint density at radius 3 is 1.92 bits per heavy atom. The van der Waals surface area contributed by atoms with E-state index in [2.05, 4.69) is 5.32 Å². The minimum atomic E-state index is -0.763. The molecule has 0 spiro atoms. The number of nitro benzene ring substituents is 2. The van der Waals surface area contributed by atoms with Gasteiger partial charge in [-0.25, -0.2) is 0 Å². The van der Waals surface area contributed by atoms with Crippen molar-refractivity contribution in [2.24, 2.45) is 0 Å². The fourth-order valence-electron chi connectivity index (χ4n) is 2.14. The maximum atomic E-state index is 11.9. The van der Waals surface area contributed by atoms with E-state index in [1.165, 1.54) is 4.90 Å². The number of amides is 1. The van der Waals surface area contributed by atoms with Crippen LogP contribution in [0.3, 0.4) is 0 Å². The van der Waals surface area contributed by atoms with Crippen LogP contribution >= 0.6 is 23.2 Å². The molecule has 1 aromatic rings. The summed E-state index contributed by atoms with van der Waals surface area (Å²) >= 11 is 11.4. The molecule has 9 nitrogen and oxygen atoms in total. The molecular weight excluding hydrogens is 363 g/mol. The third-order valence-electron chi connectivity index (χ3n) is 3.09. The van der Waals surface area contributed by atoms with Crippen LogP contribution in [0.2, 0.25) is 0 Å². The zero-order valence-corrected chi connectivity index (χ0v) is 14.3. The number of anilines is 1. The highest BCUT2D eigenvalue weighted by Gasteiger charge is 2.32. The molecule has 0 saturated carbocycles. The summed E-state index contributed by atoms with van der Waals surface area (Å²) in [7, 11) is 0. The molecule has 0 atom stereocenters. The van der Waals surface area contributed by atoms with Crippen LogP contribution in [0, 0.1) is 20.2 Å². The Bertz CT molecular complexity index is 600. The van der Waals surface area contributed by atoms with Gasteiger partial charge in [0.2, 0.25) is 0 Å². The van der Waals surface area contributed by atoms with Crippen molar-refractivity contribution in [2.45, 2.75) is 6.92 Å². The van der Waals surface area contributed by atoms with Gasteiger partial charge in [-0.1, -0.05) is 0 Å². The SMILES string of the molecule is CCNC(=O)c1cc([N+](=O)[O-])c(N(CCCl)CCCl)c([N+](=O)[O-])c1. The number of nitrogens with one attached hydrogen (secondary N) is 1. The van der Waals surface area contributed by atoms with Gasteiger partial charge >= 0.3 is 0 Å². The predicted octanol–water partition coefficient (Wildman–Crippen LogP) is 2.54. The molecule has 11 heteroatoms. The van der Waals surface area contributed by atoms with Crippen molar-refractivity contribution < 1.29 is 14.6 Å². The van der Waals surface area contributed by atoms with E-state index in [0.717, 1.165) is 12.1 Å². The van der Waals surface area contributed by atoms with E-state index in [4.69, 9.17) is 23.2 Å². The topological polar surface area (TPSA) is 119 Å². The lowest BCUT2D eigenvalue weighted by atomic mass is 10.1. The van der Waals surface area contributed by atoms with Gasteiger partial charge in [0.05, 0.1) is 15.4 Å². The van der Waals surface area contributed by atoms with E-state index in [9.17, 15) is 25.0 Å². The number of hydrogen-bond acceptors (Lipinski definition) is 6. The van der Waals surface area contributed by atoms with Crippen molar-refractivity contribution >= 4 is 46.2 Å². The van der Waals surface area contributed by atoms with Crippen LogP contribution in [0.4, 0.5) is 17.1 Å². The molecule has 0 radical (unpaired) electrons. The van der Waals surface area contributed by atoms with Gasteiger partial charge < -0.3 is 10.2 Å². The second kappa shape index (κ2) is 9.24. The van der Waals surface area contributed by atoms with Crippen LogP contribution in [-0.2, 0) is 0 Å². The summed E-state index contributed by atoms with van der Waals surface area (Å²) in [6.07, 6.45) is 0. The number of rotatable bonds is 9. The van der Waals surface area contributed by atoms with Crippen LogP contribution < -0.4 is 10.2 Å². The Kier molecular flexibility index (Phi) is 7.66. The molecule has 0 aliphatic carbocycles. The lowest BCUT2D eigenvalue weighted by molar-refractivity contribution is -0.392. The van der Waals surface area contributed by atoms with Crippen molar-refractivity contribution in [1.29, 1.82) is 0 Å². The molecule has 0 heterocycles. The number of carbonyl (C=O) groups excluding carboxylic acids is 1. The van der Waals surface area contributed by atoms with Crippen LogP contribution in [-0.4, -0.2) is 47.1 Å². The second-order valence-electron chi connectivity index (χ2n) is 4.60. The number of nitro groups is 2. The molecule has 24 heavy (non-hydrogen) atoms. The van der Waals surface area contributed by atoms with Gasteiger partial charge in [-0.3, -0.25) is 25.0 Å². The highest BCUT2D eigenvalue weighted by Crippen LogP contribution is 2.38. The van der Waals surface area contributed by atoms with Gasteiger partial charge in [0.25, 0.3) is 17.3 Å². The van der Waals surface area contributed by atoms with Crippen molar-refractivity contribution in [3.05, 3.63) is 37.9 Å². The van der Waals surface area contributed by atoms with Gasteiger partial charge in [0.15, 0.2) is 5.69 Å². The zero-order chi connectivity index (χ0) is 18.3. The molecule has 0 aromatic heterocycles. The average molecular weight is 379 g/mol. The Balaban J connectivity index is 3.62. The lowest BCUT2D eigenvalue weighted by Crippen LogP contribution is -2.29. The van der Waals surface area contributed by atoms with E-state index in [1.807, 2.05) is 0 Å². The zero-order valence-electron chi connectivity index (χ0n) is 12.8.